The molecule has 6 nitrogen and oxygen atoms in total. The van der Waals surface area contributed by atoms with Gasteiger partial charge in [-0.2, -0.15) is 0 Å². The summed E-state index contributed by atoms with van der Waals surface area (Å²) in [4.78, 5) is 27.9. The molecular formula is C26H21Cl2NO5. The van der Waals surface area contributed by atoms with Gasteiger partial charge in [0.1, 0.15) is 17.3 Å². The number of amides is 1. The smallest absolute Gasteiger partial charge is 0.300 e. The molecule has 34 heavy (non-hydrogen) atoms. The molecule has 3 aromatic carbocycles. The standard InChI is InChI=1S/C26H21Cl2NO5/c1-14-5-4-6-15(11-14)23-22(24(30)18-12-21(34-3)19(28)13-20(18)33-2)25(31)26(32)29(23)17-9-7-16(27)8-10-17/h4-13,23,30H,1-3H3/b24-22+. The van der Waals surface area contributed by atoms with Crippen molar-refractivity contribution < 1.29 is 24.2 Å². The number of aryl methyl sites for hydroxylation is 1. The van der Waals surface area contributed by atoms with Gasteiger partial charge in [0.05, 0.1) is 36.4 Å². The van der Waals surface area contributed by atoms with E-state index in [0.717, 1.165) is 5.56 Å². The van der Waals surface area contributed by atoms with Crippen LogP contribution in [-0.4, -0.2) is 31.0 Å². The topological polar surface area (TPSA) is 76.1 Å². The number of ketones is 1. The molecule has 0 radical (unpaired) electrons. The van der Waals surface area contributed by atoms with Crippen LogP contribution in [0.2, 0.25) is 10.0 Å². The fraction of sp³-hybridized carbons (Fsp3) is 0.154. The van der Waals surface area contributed by atoms with E-state index < -0.39 is 23.5 Å². The summed E-state index contributed by atoms with van der Waals surface area (Å²) in [7, 11) is 2.85. The number of carbonyl (C=O) groups is 2. The number of halogens is 2. The van der Waals surface area contributed by atoms with Crippen molar-refractivity contribution in [1.82, 2.24) is 0 Å². The average molecular weight is 498 g/mol. The van der Waals surface area contributed by atoms with Crippen LogP contribution in [0.1, 0.15) is 22.7 Å². The monoisotopic (exact) mass is 497 g/mol. The van der Waals surface area contributed by atoms with Crippen LogP contribution < -0.4 is 14.4 Å². The van der Waals surface area contributed by atoms with E-state index in [1.54, 1.807) is 30.3 Å². The van der Waals surface area contributed by atoms with E-state index in [1.165, 1.54) is 31.3 Å². The maximum Gasteiger partial charge on any atom is 0.300 e. The molecule has 1 aliphatic heterocycles. The fourth-order valence-electron chi connectivity index (χ4n) is 4.05. The molecule has 1 unspecified atom stereocenters. The van der Waals surface area contributed by atoms with Crippen molar-refractivity contribution >= 4 is 46.3 Å². The molecule has 174 valence electrons. The highest BCUT2D eigenvalue weighted by Crippen LogP contribution is 2.45. The minimum atomic E-state index is -0.882. The number of rotatable bonds is 5. The summed E-state index contributed by atoms with van der Waals surface area (Å²) in [5.74, 6) is -1.48. The molecule has 1 aliphatic rings. The number of hydrogen-bond acceptors (Lipinski definition) is 5. The minimum Gasteiger partial charge on any atom is -0.507 e. The first kappa shape index (κ1) is 23.7. The first-order valence-electron chi connectivity index (χ1n) is 10.3. The van der Waals surface area contributed by atoms with Gasteiger partial charge in [0, 0.05) is 16.8 Å². The number of Topliss-reactive ketones (excluding diaryl/α,β-unsaturated/α-hetero) is 1. The molecule has 1 N–H and O–H groups in total. The Balaban J connectivity index is 2.00. The highest BCUT2D eigenvalue weighted by atomic mass is 35.5. The lowest BCUT2D eigenvalue weighted by molar-refractivity contribution is -0.132. The lowest BCUT2D eigenvalue weighted by Gasteiger charge is -2.26. The zero-order chi connectivity index (χ0) is 24.6. The van der Waals surface area contributed by atoms with Crippen LogP contribution in [0, 0.1) is 6.92 Å². The highest BCUT2D eigenvalue weighted by molar-refractivity contribution is 6.51. The Kier molecular flexibility index (Phi) is 6.55. The number of carbonyl (C=O) groups excluding carboxylic acids is 2. The summed E-state index contributed by atoms with van der Waals surface area (Å²) in [5.41, 5.74) is 2.17. The Hall–Kier alpha value is -3.48. The number of hydrogen-bond donors (Lipinski definition) is 1. The van der Waals surface area contributed by atoms with Crippen molar-refractivity contribution in [2.75, 3.05) is 19.1 Å². The second kappa shape index (κ2) is 9.41. The summed E-state index contributed by atoms with van der Waals surface area (Å²) in [6.45, 7) is 1.91. The first-order valence-corrected chi connectivity index (χ1v) is 11.1. The van der Waals surface area contributed by atoms with Gasteiger partial charge in [-0.15, -0.1) is 0 Å². The van der Waals surface area contributed by atoms with Crippen LogP contribution in [-0.2, 0) is 9.59 Å². The zero-order valence-corrected chi connectivity index (χ0v) is 20.1. The molecule has 4 rings (SSSR count). The molecule has 3 aromatic rings. The number of ether oxygens (including phenoxy) is 2. The Bertz CT molecular complexity index is 1320. The van der Waals surface area contributed by atoms with Crippen LogP contribution in [0.5, 0.6) is 11.5 Å². The summed E-state index contributed by atoms with van der Waals surface area (Å²) in [5, 5.41) is 12.2. The molecule has 0 bridgehead atoms. The molecule has 0 aromatic heterocycles. The molecule has 0 saturated carbocycles. The van der Waals surface area contributed by atoms with Gasteiger partial charge in [-0.05, 0) is 42.8 Å². The summed E-state index contributed by atoms with van der Waals surface area (Å²) in [6.07, 6.45) is 0. The van der Waals surface area contributed by atoms with Gasteiger partial charge in [-0.1, -0.05) is 53.0 Å². The van der Waals surface area contributed by atoms with Crippen molar-refractivity contribution in [1.29, 1.82) is 0 Å². The van der Waals surface area contributed by atoms with Crippen LogP contribution in [0.25, 0.3) is 5.76 Å². The Morgan fingerprint density at radius 1 is 0.941 bits per heavy atom. The lowest BCUT2D eigenvalue weighted by atomic mass is 9.94. The quantitative estimate of drug-likeness (QED) is 0.268. The van der Waals surface area contributed by atoms with E-state index in [4.69, 9.17) is 32.7 Å². The van der Waals surface area contributed by atoms with Gasteiger partial charge in [0.25, 0.3) is 11.7 Å². The summed E-state index contributed by atoms with van der Waals surface area (Å²) >= 11 is 12.2. The third-order valence-electron chi connectivity index (χ3n) is 5.64. The highest BCUT2D eigenvalue weighted by Gasteiger charge is 2.47. The molecule has 1 heterocycles. The zero-order valence-electron chi connectivity index (χ0n) is 18.6. The predicted octanol–water partition coefficient (Wildman–Crippen LogP) is 5.95. The number of methoxy groups -OCH3 is 2. The molecule has 1 atom stereocenters. The molecule has 0 aliphatic carbocycles. The van der Waals surface area contributed by atoms with Gasteiger partial charge in [0.2, 0.25) is 0 Å². The number of nitrogens with zero attached hydrogens (tertiary/aromatic N) is 1. The molecule has 1 saturated heterocycles. The van der Waals surface area contributed by atoms with Crippen molar-refractivity contribution in [3.63, 3.8) is 0 Å². The van der Waals surface area contributed by atoms with E-state index >= 15 is 0 Å². The van der Waals surface area contributed by atoms with E-state index in [9.17, 15) is 14.7 Å². The van der Waals surface area contributed by atoms with Crippen LogP contribution in [0.4, 0.5) is 5.69 Å². The summed E-state index contributed by atoms with van der Waals surface area (Å²) < 4.78 is 10.7. The number of aliphatic hydroxyl groups excluding tert-OH is 1. The van der Waals surface area contributed by atoms with Gasteiger partial charge in [0.15, 0.2) is 0 Å². The number of benzene rings is 3. The normalized spacial score (nSPS) is 17.2. The van der Waals surface area contributed by atoms with Gasteiger partial charge >= 0.3 is 0 Å². The lowest BCUT2D eigenvalue weighted by Crippen LogP contribution is -2.29. The van der Waals surface area contributed by atoms with Crippen LogP contribution >= 0.6 is 23.2 Å². The van der Waals surface area contributed by atoms with E-state index in [0.29, 0.717) is 16.3 Å². The van der Waals surface area contributed by atoms with Gasteiger partial charge in [-0.3, -0.25) is 14.5 Å². The Labute approximate surface area is 206 Å². The molecule has 1 amide bonds. The maximum atomic E-state index is 13.3. The molecule has 1 fully saturated rings. The summed E-state index contributed by atoms with van der Waals surface area (Å²) in [6, 6.07) is 16.1. The second-order valence-electron chi connectivity index (χ2n) is 7.75. The van der Waals surface area contributed by atoms with Crippen molar-refractivity contribution in [2.45, 2.75) is 13.0 Å². The minimum absolute atomic E-state index is 0.0757. The molecule has 8 heteroatoms. The average Bonchev–Trinajstić information content (AvgIpc) is 3.09. The number of aliphatic hydroxyl groups is 1. The predicted molar refractivity (Wildman–Crippen MR) is 132 cm³/mol. The first-order chi connectivity index (χ1) is 16.3. The van der Waals surface area contributed by atoms with Gasteiger partial charge in [-0.25, -0.2) is 0 Å². The SMILES string of the molecule is COc1cc(/C(O)=C2\C(=O)C(=O)N(c3ccc(Cl)cc3)C2c2cccc(C)c2)c(OC)cc1Cl. The van der Waals surface area contributed by atoms with E-state index in [1.807, 2.05) is 25.1 Å². The fourth-order valence-corrected chi connectivity index (χ4v) is 4.40. The number of anilines is 1. The Morgan fingerprint density at radius 2 is 1.62 bits per heavy atom. The maximum absolute atomic E-state index is 13.3. The van der Waals surface area contributed by atoms with Crippen molar-refractivity contribution in [2.24, 2.45) is 0 Å². The van der Waals surface area contributed by atoms with Crippen LogP contribution in [0.3, 0.4) is 0 Å². The Morgan fingerprint density at radius 3 is 2.24 bits per heavy atom. The third-order valence-corrected chi connectivity index (χ3v) is 6.18. The van der Waals surface area contributed by atoms with Crippen LogP contribution in [0.15, 0.2) is 66.2 Å². The van der Waals surface area contributed by atoms with Crippen molar-refractivity contribution in [3.05, 3.63) is 93.0 Å². The molecular weight excluding hydrogens is 477 g/mol. The van der Waals surface area contributed by atoms with E-state index in [-0.39, 0.29) is 27.7 Å². The molecule has 0 spiro atoms. The largest absolute Gasteiger partial charge is 0.507 e. The van der Waals surface area contributed by atoms with Gasteiger partial charge < -0.3 is 14.6 Å². The van der Waals surface area contributed by atoms with Crippen molar-refractivity contribution in [3.8, 4) is 11.5 Å². The third kappa shape index (κ3) is 4.11. The second-order valence-corrected chi connectivity index (χ2v) is 8.59. The van der Waals surface area contributed by atoms with E-state index in [2.05, 4.69) is 0 Å².